The van der Waals surface area contributed by atoms with Crippen molar-refractivity contribution in [3.63, 3.8) is 0 Å². The van der Waals surface area contributed by atoms with Gasteiger partial charge in [0.1, 0.15) is 5.82 Å². The largest absolute Gasteiger partial charge is 0.274 e. The van der Waals surface area contributed by atoms with E-state index in [2.05, 4.69) is 5.48 Å². The SMILES string of the molecule is Cc1cc(F)cc(C(=O)NOC2CCCC2)c1. The highest BCUT2D eigenvalue weighted by atomic mass is 19.1. The van der Waals surface area contributed by atoms with Crippen molar-refractivity contribution in [1.29, 1.82) is 0 Å². The van der Waals surface area contributed by atoms with E-state index in [0.29, 0.717) is 5.56 Å². The molecule has 0 bridgehead atoms. The molecular formula is C13H16FNO2. The van der Waals surface area contributed by atoms with Gasteiger partial charge in [0, 0.05) is 5.56 Å². The van der Waals surface area contributed by atoms with Crippen molar-refractivity contribution in [3.05, 3.63) is 35.1 Å². The van der Waals surface area contributed by atoms with E-state index >= 15 is 0 Å². The third kappa shape index (κ3) is 3.27. The van der Waals surface area contributed by atoms with E-state index in [1.807, 2.05) is 0 Å². The van der Waals surface area contributed by atoms with Crippen LogP contribution >= 0.6 is 0 Å². The lowest BCUT2D eigenvalue weighted by atomic mass is 10.1. The van der Waals surface area contributed by atoms with Crippen LogP contribution in [0.5, 0.6) is 0 Å². The Balaban J connectivity index is 1.94. The van der Waals surface area contributed by atoms with Crippen molar-refractivity contribution in [1.82, 2.24) is 5.48 Å². The fraction of sp³-hybridized carbons (Fsp3) is 0.462. The number of amides is 1. The summed E-state index contributed by atoms with van der Waals surface area (Å²) in [7, 11) is 0. The summed E-state index contributed by atoms with van der Waals surface area (Å²) in [5, 5.41) is 0. The van der Waals surface area contributed by atoms with Gasteiger partial charge in [-0.2, -0.15) is 0 Å². The van der Waals surface area contributed by atoms with Crippen molar-refractivity contribution >= 4 is 5.91 Å². The summed E-state index contributed by atoms with van der Waals surface area (Å²) in [5.74, 6) is -0.796. The Morgan fingerprint density at radius 1 is 1.35 bits per heavy atom. The summed E-state index contributed by atoms with van der Waals surface area (Å²) >= 11 is 0. The maximum Gasteiger partial charge on any atom is 0.274 e. The van der Waals surface area contributed by atoms with Crippen LogP contribution in [0, 0.1) is 12.7 Å². The molecule has 0 atom stereocenters. The van der Waals surface area contributed by atoms with E-state index in [0.717, 1.165) is 31.2 Å². The van der Waals surface area contributed by atoms with Gasteiger partial charge in [-0.3, -0.25) is 9.63 Å². The number of benzene rings is 1. The quantitative estimate of drug-likeness (QED) is 0.821. The van der Waals surface area contributed by atoms with Crippen molar-refractivity contribution in [2.45, 2.75) is 38.7 Å². The van der Waals surface area contributed by atoms with E-state index in [1.165, 1.54) is 12.1 Å². The number of nitrogens with one attached hydrogen (secondary N) is 1. The van der Waals surface area contributed by atoms with E-state index in [1.54, 1.807) is 13.0 Å². The summed E-state index contributed by atoms with van der Waals surface area (Å²) in [6.07, 6.45) is 4.33. The third-order valence-corrected chi connectivity index (χ3v) is 2.92. The molecule has 1 aliphatic rings. The molecule has 0 aromatic heterocycles. The number of aryl methyl sites for hydroxylation is 1. The molecule has 0 unspecified atom stereocenters. The van der Waals surface area contributed by atoms with Gasteiger partial charge in [-0.15, -0.1) is 0 Å². The van der Waals surface area contributed by atoms with Gasteiger partial charge in [0.15, 0.2) is 0 Å². The highest BCUT2D eigenvalue weighted by molar-refractivity contribution is 5.93. The smallest absolute Gasteiger partial charge is 0.270 e. The van der Waals surface area contributed by atoms with Crippen molar-refractivity contribution in [2.24, 2.45) is 0 Å². The molecule has 0 saturated heterocycles. The molecule has 1 aromatic carbocycles. The fourth-order valence-corrected chi connectivity index (χ4v) is 2.07. The molecule has 1 N–H and O–H groups in total. The molecule has 1 amide bonds. The highest BCUT2D eigenvalue weighted by Crippen LogP contribution is 2.20. The van der Waals surface area contributed by atoms with Gasteiger partial charge in [-0.25, -0.2) is 9.87 Å². The average molecular weight is 237 g/mol. The standard InChI is InChI=1S/C13H16FNO2/c1-9-6-10(8-11(14)7-9)13(16)15-17-12-4-2-3-5-12/h6-8,12H,2-5H2,1H3,(H,15,16). The van der Waals surface area contributed by atoms with Crippen LogP contribution in [0.25, 0.3) is 0 Å². The lowest BCUT2D eigenvalue weighted by Crippen LogP contribution is -2.28. The zero-order valence-corrected chi connectivity index (χ0v) is 9.83. The second kappa shape index (κ2) is 5.27. The molecule has 0 spiro atoms. The first-order valence-electron chi connectivity index (χ1n) is 5.88. The zero-order chi connectivity index (χ0) is 12.3. The first kappa shape index (κ1) is 12.0. The zero-order valence-electron chi connectivity index (χ0n) is 9.83. The van der Waals surface area contributed by atoms with Crippen molar-refractivity contribution in [3.8, 4) is 0 Å². The Morgan fingerprint density at radius 3 is 2.71 bits per heavy atom. The number of rotatable bonds is 3. The number of hydroxylamine groups is 1. The summed E-state index contributed by atoms with van der Waals surface area (Å²) in [6, 6.07) is 4.23. The number of hydrogen-bond donors (Lipinski definition) is 1. The van der Waals surface area contributed by atoms with Gasteiger partial charge in [0.25, 0.3) is 5.91 Å². The summed E-state index contributed by atoms with van der Waals surface area (Å²) < 4.78 is 13.1. The van der Waals surface area contributed by atoms with E-state index in [9.17, 15) is 9.18 Å². The second-order valence-corrected chi connectivity index (χ2v) is 4.47. The first-order valence-corrected chi connectivity index (χ1v) is 5.88. The van der Waals surface area contributed by atoms with Crippen LogP contribution in [0.1, 0.15) is 41.6 Å². The molecule has 1 aliphatic carbocycles. The van der Waals surface area contributed by atoms with Crippen LogP contribution in [0.2, 0.25) is 0 Å². The summed E-state index contributed by atoms with van der Waals surface area (Å²) in [6.45, 7) is 1.75. The molecule has 3 nitrogen and oxygen atoms in total. The van der Waals surface area contributed by atoms with Crippen LogP contribution in [0.15, 0.2) is 18.2 Å². The number of hydrogen-bond acceptors (Lipinski definition) is 2. The molecule has 4 heteroatoms. The predicted octanol–water partition coefficient (Wildman–Crippen LogP) is 2.74. The van der Waals surface area contributed by atoms with Crippen LogP contribution in [-0.2, 0) is 4.84 Å². The molecule has 92 valence electrons. The van der Waals surface area contributed by atoms with Gasteiger partial charge in [-0.1, -0.05) is 12.8 Å². The number of halogens is 1. The molecule has 1 saturated carbocycles. The van der Waals surface area contributed by atoms with Gasteiger partial charge in [0.2, 0.25) is 0 Å². The monoisotopic (exact) mass is 237 g/mol. The predicted molar refractivity (Wildman–Crippen MR) is 61.9 cm³/mol. The average Bonchev–Trinajstić information content (AvgIpc) is 2.77. The topological polar surface area (TPSA) is 38.3 Å². The lowest BCUT2D eigenvalue weighted by molar-refractivity contribution is -0.0125. The Morgan fingerprint density at radius 2 is 2.06 bits per heavy atom. The second-order valence-electron chi connectivity index (χ2n) is 4.47. The fourth-order valence-electron chi connectivity index (χ4n) is 2.07. The minimum atomic E-state index is -0.406. The molecule has 0 radical (unpaired) electrons. The molecule has 1 fully saturated rings. The Kier molecular flexibility index (Phi) is 3.74. The van der Waals surface area contributed by atoms with Crippen LogP contribution in [0.3, 0.4) is 0 Å². The normalized spacial score (nSPS) is 16.1. The van der Waals surface area contributed by atoms with Gasteiger partial charge in [0.05, 0.1) is 6.10 Å². The molecule has 2 rings (SSSR count). The number of carbonyl (C=O) groups is 1. The van der Waals surface area contributed by atoms with E-state index < -0.39 is 5.82 Å². The van der Waals surface area contributed by atoms with Crippen LogP contribution < -0.4 is 5.48 Å². The maximum atomic E-state index is 13.1. The first-order chi connectivity index (χ1) is 8.15. The van der Waals surface area contributed by atoms with Gasteiger partial charge in [-0.05, 0) is 43.5 Å². The highest BCUT2D eigenvalue weighted by Gasteiger charge is 2.17. The lowest BCUT2D eigenvalue weighted by Gasteiger charge is -2.11. The molecule has 0 heterocycles. The Bertz CT molecular complexity index is 394. The minimum Gasteiger partial charge on any atom is -0.270 e. The van der Waals surface area contributed by atoms with Gasteiger partial charge >= 0.3 is 0 Å². The molecule has 0 aliphatic heterocycles. The van der Waals surface area contributed by atoms with Crippen LogP contribution in [0.4, 0.5) is 4.39 Å². The van der Waals surface area contributed by atoms with Crippen molar-refractivity contribution in [2.75, 3.05) is 0 Å². The third-order valence-electron chi connectivity index (χ3n) is 2.92. The summed E-state index contributed by atoms with van der Waals surface area (Å²) in [5.41, 5.74) is 3.40. The Labute approximate surface area is 99.9 Å². The van der Waals surface area contributed by atoms with E-state index in [-0.39, 0.29) is 12.0 Å². The Hall–Kier alpha value is -1.42. The van der Waals surface area contributed by atoms with Crippen LogP contribution in [-0.4, -0.2) is 12.0 Å². The van der Waals surface area contributed by atoms with Crippen molar-refractivity contribution < 1.29 is 14.0 Å². The minimum absolute atomic E-state index is 0.105. The van der Waals surface area contributed by atoms with E-state index in [4.69, 9.17) is 4.84 Å². The number of carbonyl (C=O) groups excluding carboxylic acids is 1. The summed E-state index contributed by atoms with van der Waals surface area (Å²) in [4.78, 5) is 17.0. The van der Waals surface area contributed by atoms with Gasteiger partial charge < -0.3 is 0 Å². The molecular weight excluding hydrogens is 221 g/mol. The molecule has 1 aromatic rings. The maximum absolute atomic E-state index is 13.1. The molecule has 17 heavy (non-hydrogen) atoms.